The Morgan fingerprint density at radius 1 is 1.35 bits per heavy atom. The molecule has 17 heavy (non-hydrogen) atoms. The van der Waals surface area contributed by atoms with Crippen molar-refractivity contribution in [3.8, 4) is 0 Å². The number of allylic oxidation sites excluding steroid dienone is 2. The van der Waals surface area contributed by atoms with Gasteiger partial charge in [0.15, 0.2) is 0 Å². The van der Waals surface area contributed by atoms with E-state index in [1.807, 2.05) is 24.3 Å². The van der Waals surface area contributed by atoms with Crippen molar-refractivity contribution >= 4 is 27.5 Å². The van der Waals surface area contributed by atoms with E-state index < -0.39 is 0 Å². The molecule has 1 amide bonds. The number of benzene rings is 1. The third kappa shape index (κ3) is 3.03. The van der Waals surface area contributed by atoms with Crippen LogP contribution in [0.4, 0.5) is 0 Å². The van der Waals surface area contributed by atoms with Crippen LogP contribution in [0.1, 0.15) is 30.1 Å². The molecule has 1 aliphatic rings. The zero-order valence-corrected chi connectivity index (χ0v) is 11.1. The quantitative estimate of drug-likeness (QED) is 0.835. The summed E-state index contributed by atoms with van der Waals surface area (Å²) >= 11 is 3.34. The van der Waals surface area contributed by atoms with Crippen LogP contribution in [0.2, 0.25) is 0 Å². The summed E-state index contributed by atoms with van der Waals surface area (Å²) in [4.78, 5) is 11.8. The molecule has 0 radical (unpaired) electrons. The van der Waals surface area contributed by atoms with Gasteiger partial charge in [0, 0.05) is 4.47 Å². The van der Waals surface area contributed by atoms with Gasteiger partial charge in [0.1, 0.15) is 0 Å². The van der Waals surface area contributed by atoms with E-state index in [1.165, 1.54) is 5.57 Å². The summed E-state index contributed by atoms with van der Waals surface area (Å²) in [7, 11) is 0. The van der Waals surface area contributed by atoms with Crippen LogP contribution in [-0.4, -0.2) is 11.6 Å². The van der Waals surface area contributed by atoms with Crippen LogP contribution in [0, 0.1) is 0 Å². The van der Waals surface area contributed by atoms with E-state index in [0.29, 0.717) is 5.56 Å². The highest BCUT2D eigenvalue weighted by atomic mass is 79.9. The molecule has 0 saturated heterocycles. The van der Waals surface area contributed by atoms with Gasteiger partial charge in [-0.2, -0.15) is 5.10 Å². The third-order valence-corrected chi connectivity index (χ3v) is 3.30. The molecule has 0 atom stereocenters. The maximum atomic E-state index is 11.8. The van der Waals surface area contributed by atoms with Gasteiger partial charge in [0.25, 0.3) is 5.91 Å². The molecule has 1 N–H and O–H groups in total. The van der Waals surface area contributed by atoms with Gasteiger partial charge >= 0.3 is 0 Å². The summed E-state index contributed by atoms with van der Waals surface area (Å²) in [5.41, 5.74) is 5.41. The van der Waals surface area contributed by atoms with Crippen LogP contribution >= 0.6 is 15.9 Å². The first-order valence-electron chi connectivity index (χ1n) is 5.45. The Bertz CT molecular complexity index is 506. The summed E-state index contributed by atoms with van der Waals surface area (Å²) in [5.74, 6) is -0.192. The predicted molar refractivity (Wildman–Crippen MR) is 72.0 cm³/mol. The van der Waals surface area contributed by atoms with Crippen molar-refractivity contribution in [2.45, 2.75) is 19.8 Å². The third-order valence-electron chi connectivity index (χ3n) is 2.61. The number of carbonyl (C=O) groups is 1. The summed E-state index contributed by atoms with van der Waals surface area (Å²) in [6.45, 7) is 2.07. The molecule has 1 aliphatic carbocycles. The van der Waals surface area contributed by atoms with E-state index in [9.17, 15) is 4.79 Å². The molecule has 1 aromatic rings. The fourth-order valence-electron chi connectivity index (χ4n) is 1.67. The summed E-state index contributed by atoms with van der Waals surface area (Å²) < 4.78 is 0.774. The van der Waals surface area contributed by atoms with Crippen LogP contribution in [-0.2, 0) is 0 Å². The van der Waals surface area contributed by atoms with Crippen molar-refractivity contribution in [3.63, 3.8) is 0 Å². The highest BCUT2D eigenvalue weighted by molar-refractivity contribution is 9.10. The van der Waals surface area contributed by atoms with Crippen molar-refractivity contribution in [1.29, 1.82) is 0 Å². The Morgan fingerprint density at radius 2 is 2.12 bits per heavy atom. The molecular formula is C13H13BrN2O. The lowest BCUT2D eigenvalue weighted by atomic mass is 10.2. The monoisotopic (exact) mass is 292 g/mol. The lowest BCUT2D eigenvalue weighted by Gasteiger charge is -2.02. The number of nitrogens with zero attached hydrogens (tertiary/aromatic N) is 1. The van der Waals surface area contributed by atoms with Crippen molar-refractivity contribution < 1.29 is 4.79 Å². The first-order chi connectivity index (χ1) is 8.16. The van der Waals surface area contributed by atoms with Crippen LogP contribution < -0.4 is 5.43 Å². The average Bonchev–Trinajstić information content (AvgIpc) is 2.73. The molecule has 0 aliphatic heterocycles. The molecule has 0 fully saturated rings. The molecule has 0 saturated carbocycles. The zero-order chi connectivity index (χ0) is 12.3. The lowest BCUT2D eigenvalue weighted by Crippen LogP contribution is -2.19. The number of rotatable bonds is 2. The topological polar surface area (TPSA) is 41.5 Å². The fraction of sp³-hybridized carbons (Fsp3) is 0.231. The molecule has 0 unspecified atom stereocenters. The number of carbonyl (C=O) groups excluding carboxylic acids is 1. The van der Waals surface area contributed by atoms with Gasteiger partial charge in [-0.15, -0.1) is 0 Å². The van der Waals surface area contributed by atoms with Crippen molar-refractivity contribution in [1.82, 2.24) is 5.43 Å². The van der Waals surface area contributed by atoms with E-state index in [1.54, 1.807) is 6.07 Å². The number of halogens is 1. The fourth-order valence-corrected chi connectivity index (χ4v) is 2.14. The Morgan fingerprint density at radius 3 is 2.76 bits per heavy atom. The zero-order valence-electron chi connectivity index (χ0n) is 9.53. The van der Waals surface area contributed by atoms with Gasteiger partial charge in [0.05, 0.1) is 11.3 Å². The molecule has 1 aromatic carbocycles. The van der Waals surface area contributed by atoms with Crippen molar-refractivity contribution in [2.24, 2.45) is 5.10 Å². The smallest absolute Gasteiger partial charge is 0.267 e. The summed E-state index contributed by atoms with van der Waals surface area (Å²) in [6.07, 6.45) is 3.95. The van der Waals surface area contributed by atoms with Crippen LogP contribution in [0.15, 0.2) is 45.5 Å². The largest absolute Gasteiger partial charge is 0.272 e. The maximum absolute atomic E-state index is 11.8. The Balaban J connectivity index is 2.06. The average molecular weight is 293 g/mol. The molecule has 4 heteroatoms. The number of hydrogen-bond donors (Lipinski definition) is 1. The Kier molecular flexibility index (Phi) is 3.74. The molecular weight excluding hydrogens is 280 g/mol. The number of nitrogens with one attached hydrogen (secondary N) is 1. The number of amides is 1. The van der Waals surface area contributed by atoms with Gasteiger partial charge in [0.2, 0.25) is 0 Å². The number of hydrogen-bond acceptors (Lipinski definition) is 2. The van der Waals surface area contributed by atoms with Crippen LogP contribution in [0.5, 0.6) is 0 Å². The van der Waals surface area contributed by atoms with Gasteiger partial charge < -0.3 is 0 Å². The second-order valence-electron chi connectivity index (χ2n) is 4.01. The molecule has 0 aromatic heterocycles. The highest BCUT2D eigenvalue weighted by Gasteiger charge is 2.10. The molecule has 0 heterocycles. The lowest BCUT2D eigenvalue weighted by molar-refractivity contribution is 0.0954. The molecule has 0 spiro atoms. The second-order valence-corrected chi connectivity index (χ2v) is 4.87. The first kappa shape index (κ1) is 12.0. The minimum absolute atomic E-state index is 0.192. The highest BCUT2D eigenvalue weighted by Crippen LogP contribution is 2.16. The van der Waals surface area contributed by atoms with E-state index >= 15 is 0 Å². The molecule has 3 nitrogen and oxygen atoms in total. The van der Waals surface area contributed by atoms with E-state index in [-0.39, 0.29) is 5.91 Å². The van der Waals surface area contributed by atoms with Crippen LogP contribution in [0.3, 0.4) is 0 Å². The first-order valence-corrected chi connectivity index (χ1v) is 6.25. The van der Waals surface area contributed by atoms with Gasteiger partial charge in [-0.25, -0.2) is 5.43 Å². The molecule has 0 bridgehead atoms. The van der Waals surface area contributed by atoms with Crippen molar-refractivity contribution in [2.75, 3.05) is 0 Å². The van der Waals surface area contributed by atoms with E-state index in [4.69, 9.17) is 0 Å². The van der Waals surface area contributed by atoms with Gasteiger partial charge in [-0.3, -0.25) is 4.79 Å². The number of hydrazone groups is 1. The standard InChI is InChI=1S/C13H13BrN2O/c1-9-6-7-10(8-9)15-16-13(17)11-4-2-3-5-12(11)14/h2-5,8H,6-7H2,1H3,(H,16,17). The second kappa shape index (κ2) is 5.27. The minimum Gasteiger partial charge on any atom is -0.267 e. The molecule has 88 valence electrons. The van der Waals surface area contributed by atoms with Crippen molar-refractivity contribution in [3.05, 3.63) is 46.0 Å². The summed E-state index contributed by atoms with van der Waals surface area (Å²) in [6, 6.07) is 7.29. The maximum Gasteiger partial charge on any atom is 0.272 e. The minimum atomic E-state index is -0.192. The van der Waals surface area contributed by atoms with Gasteiger partial charge in [-0.05, 0) is 53.9 Å². The Labute approximate surface area is 109 Å². The van der Waals surface area contributed by atoms with Crippen LogP contribution in [0.25, 0.3) is 0 Å². The normalized spacial score (nSPS) is 17.1. The Hall–Kier alpha value is -1.42. The van der Waals surface area contributed by atoms with E-state index in [0.717, 1.165) is 23.0 Å². The molecule has 2 rings (SSSR count). The predicted octanol–water partition coefficient (Wildman–Crippen LogP) is 3.28. The van der Waals surface area contributed by atoms with E-state index in [2.05, 4.69) is 33.4 Å². The summed E-state index contributed by atoms with van der Waals surface area (Å²) in [5, 5.41) is 4.11. The SMILES string of the molecule is CC1=CC(=NNC(=O)c2ccccc2Br)CC1. The van der Waals surface area contributed by atoms with Gasteiger partial charge in [-0.1, -0.05) is 17.7 Å².